The molecule has 0 fully saturated rings. The van der Waals surface area contributed by atoms with Crippen LogP contribution in [0, 0.1) is 6.92 Å². The Bertz CT molecular complexity index is 310. The van der Waals surface area contributed by atoms with Crippen LogP contribution in [0.4, 0.5) is 0 Å². The van der Waals surface area contributed by atoms with E-state index in [1.54, 1.807) is 13.1 Å². The summed E-state index contributed by atoms with van der Waals surface area (Å²) in [5, 5.41) is 0. The van der Waals surface area contributed by atoms with Crippen molar-refractivity contribution in [2.45, 2.75) is 33.1 Å². The Hall–Kier alpha value is -1.25. The highest BCUT2D eigenvalue weighted by Crippen LogP contribution is 2.17. The van der Waals surface area contributed by atoms with Gasteiger partial charge in [0.1, 0.15) is 11.6 Å². The van der Waals surface area contributed by atoms with E-state index in [0.717, 1.165) is 17.9 Å². The first kappa shape index (κ1) is 9.84. The number of hydrogen-bond acceptors (Lipinski definition) is 3. The van der Waals surface area contributed by atoms with Gasteiger partial charge in [-0.25, -0.2) is 9.97 Å². The van der Waals surface area contributed by atoms with E-state index in [0.29, 0.717) is 0 Å². The minimum atomic E-state index is -0.0679. The Morgan fingerprint density at radius 3 is 2.77 bits per heavy atom. The summed E-state index contributed by atoms with van der Waals surface area (Å²) in [6, 6.07) is 1.81. The highest BCUT2D eigenvalue weighted by molar-refractivity contribution is 5.82. The lowest BCUT2D eigenvalue weighted by atomic mass is 9.98. The molecule has 0 saturated heterocycles. The summed E-state index contributed by atoms with van der Waals surface area (Å²) in [6.45, 7) is 5.42. The molecule has 3 heteroatoms. The van der Waals surface area contributed by atoms with Crippen molar-refractivity contribution in [2.24, 2.45) is 0 Å². The van der Waals surface area contributed by atoms with Crippen LogP contribution in [-0.2, 0) is 4.79 Å². The molecule has 3 nitrogen and oxygen atoms in total. The highest BCUT2D eigenvalue weighted by Gasteiger charge is 2.15. The van der Waals surface area contributed by atoms with Gasteiger partial charge in [-0.05, 0) is 26.3 Å². The van der Waals surface area contributed by atoms with Crippen LogP contribution < -0.4 is 0 Å². The van der Waals surface area contributed by atoms with Gasteiger partial charge in [0.2, 0.25) is 0 Å². The molecule has 0 saturated carbocycles. The first-order valence-electron chi connectivity index (χ1n) is 4.45. The third-order valence-corrected chi connectivity index (χ3v) is 2.05. The number of carbonyl (C=O) groups excluding carboxylic acids is 1. The van der Waals surface area contributed by atoms with Gasteiger partial charge in [0.05, 0.1) is 11.6 Å². The lowest BCUT2D eigenvalue weighted by Crippen LogP contribution is -2.10. The lowest BCUT2D eigenvalue weighted by Gasteiger charge is -2.09. The number of nitrogens with zero attached hydrogens (tertiary/aromatic N) is 2. The molecule has 0 aliphatic rings. The molecule has 0 spiro atoms. The summed E-state index contributed by atoms with van der Waals surface area (Å²) < 4.78 is 0. The zero-order chi connectivity index (χ0) is 9.84. The first-order chi connectivity index (χ1) is 6.15. The lowest BCUT2D eigenvalue weighted by molar-refractivity contribution is -0.118. The second-order valence-corrected chi connectivity index (χ2v) is 3.10. The summed E-state index contributed by atoms with van der Waals surface area (Å²) in [5.41, 5.74) is 0.836. The van der Waals surface area contributed by atoms with Crippen molar-refractivity contribution in [2.75, 3.05) is 0 Å². The molecule has 0 aromatic carbocycles. The molecule has 0 aliphatic carbocycles. The van der Waals surface area contributed by atoms with Crippen molar-refractivity contribution >= 4 is 5.78 Å². The zero-order valence-corrected chi connectivity index (χ0v) is 8.24. The monoisotopic (exact) mass is 178 g/mol. The number of aryl methyl sites for hydroxylation is 1. The van der Waals surface area contributed by atoms with E-state index in [2.05, 4.69) is 9.97 Å². The molecular formula is C10H14N2O. The SMILES string of the molecule is CCC(C(C)=O)c1ccnc(C)n1. The summed E-state index contributed by atoms with van der Waals surface area (Å²) in [5.74, 6) is 0.819. The van der Waals surface area contributed by atoms with E-state index in [-0.39, 0.29) is 11.7 Å². The minimum absolute atomic E-state index is 0.0679. The maximum atomic E-state index is 11.2. The quantitative estimate of drug-likeness (QED) is 0.709. The van der Waals surface area contributed by atoms with Gasteiger partial charge in [0.25, 0.3) is 0 Å². The van der Waals surface area contributed by atoms with Gasteiger partial charge in [-0.3, -0.25) is 4.79 Å². The van der Waals surface area contributed by atoms with Gasteiger partial charge in [-0.15, -0.1) is 0 Å². The molecule has 0 N–H and O–H groups in total. The van der Waals surface area contributed by atoms with Crippen LogP contribution in [0.2, 0.25) is 0 Å². The van der Waals surface area contributed by atoms with Crippen LogP contribution in [-0.4, -0.2) is 15.8 Å². The van der Waals surface area contributed by atoms with Crippen molar-refractivity contribution in [3.63, 3.8) is 0 Å². The normalized spacial score (nSPS) is 12.5. The van der Waals surface area contributed by atoms with Crippen molar-refractivity contribution in [3.8, 4) is 0 Å². The molecule has 1 atom stereocenters. The average Bonchev–Trinajstić information content (AvgIpc) is 2.04. The van der Waals surface area contributed by atoms with Gasteiger partial charge in [-0.1, -0.05) is 6.92 Å². The zero-order valence-electron chi connectivity index (χ0n) is 8.24. The molecular weight excluding hydrogens is 164 g/mol. The third kappa shape index (κ3) is 2.34. The number of Topliss-reactive ketones (excluding diaryl/α,β-unsaturated/α-hetero) is 1. The Morgan fingerprint density at radius 1 is 1.62 bits per heavy atom. The van der Waals surface area contributed by atoms with Crippen molar-refractivity contribution in [1.29, 1.82) is 0 Å². The Labute approximate surface area is 78.2 Å². The average molecular weight is 178 g/mol. The van der Waals surface area contributed by atoms with Gasteiger partial charge in [0, 0.05) is 6.20 Å². The van der Waals surface area contributed by atoms with Gasteiger partial charge in [-0.2, -0.15) is 0 Å². The molecule has 0 bridgehead atoms. The maximum absolute atomic E-state index is 11.2. The predicted octanol–water partition coefficient (Wildman–Crippen LogP) is 1.87. The van der Waals surface area contributed by atoms with Crippen molar-refractivity contribution in [3.05, 3.63) is 23.8 Å². The standard InChI is InChI=1S/C10H14N2O/c1-4-9(7(2)13)10-5-6-11-8(3)12-10/h5-6,9H,4H2,1-3H3. The third-order valence-electron chi connectivity index (χ3n) is 2.05. The molecule has 0 amide bonds. The molecule has 1 aromatic heterocycles. The maximum Gasteiger partial charge on any atom is 0.138 e. The summed E-state index contributed by atoms with van der Waals surface area (Å²) in [6.07, 6.45) is 2.50. The van der Waals surface area contributed by atoms with E-state index < -0.39 is 0 Å². The summed E-state index contributed by atoms with van der Waals surface area (Å²) >= 11 is 0. The smallest absolute Gasteiger partial charge is 0.138 e. The highest BCUT2D eigenvalue weighted by atomic mass is 16.1. The number of ketones is 1. The Balaban J connectivity index is 2.98. The van der Waals surface area contributed by atoms with E-state index in [4.69, 9.17) is 0 Å². The number of hydrogen-bond donors (Lipinski definition) is 0. The van der Waals surface area contributed by atoms with Crippen LogP contribution >= 0.6 is 0 Å². The number of rotatable bonds is 3. The van der Waals surface area contributed by atoms with E-state index in [1.165, 1.54) is 0 Å². The Kier molecular flexibility index (Phi) is 3.12. The van der Waals surface area contributed by atoms with Crippen molar-refractivity contribution < 1.29 is 4.79 Å². The molecule has 1 heterocycles. The Morgan fingerprint density at radius 2 is 2.31 bits per heavy atom. The number of carbonyl (C=O) groups is 1. The van der Waals surface area contributed by atoms with Crippen molar-refractivity contribution in [1.82, 2.24) is 9.97 Å². The molecule has 0 aliphatic heterocycles. The van der Waals surface area contributed by atoms with E-state index in [1.807, 2.05) is 19.9 Å². The molecule has 0 radical (unpaired) electrons. The van der Waals surface area contributed by atoms with Crippen LogP contribution in [0.5, 0.6) is 0 Å². The van der Waals surface area contributed by atoms with Gasteiger partial charge in [0.15, 0.2) is 0 Å². The van der Waals surface area contributed by atoms with E-state index in [9.17, 15) is 4.79 Å². The van der Waals surface area contributed by atoms with Gasteiger partial charge >= 0.3 is 0 Å². The van der Waals surface area contributed by atoms with Crippen LogP contribution in [0.15, 0.2) is 12.3 Å². The topological polar surface area (TPSA) is 42.9 Å². The minimum Gasteiger partial charge on any atom is -0.299 e. The largest absolute Gasteiger partial charge is 0.299 e. The molecule has 1 unspecified atom stereocenters. The molecule has 1 rings (SSSR count). The second kappa shape index (κ2) is 4.12. The van der Waals surface area contributed by atoms with Gasteiger partial charge < -0.3 is 0 Å². The van der Waals surface area contributed by atoms with E-state index >= 15 is 0 Å². The fourth-order valence-electron chi connectivity index (χ4n) is 1.37. The predicted molar refractivity (Wildman–Crippen MR) is 50.5 cm³/mol. The molecule has 70 valence electrons. The number of aromatic nitrogens is 2. The molecule has 13 heavy (non-hydrogen) atoms. The molecule has 1 aromatic rings. The van der Waals surface area contributed by atoms with Crippen LogP contribution in [0.1, 0.15) is 37.7 Å². The fourth-order valence-corrected chi connectivity index (χ4v) is 1.37. The summed E-state index contributed by atoms with van der Waals surface area (Å²) in [7, 11) is 0. The summed E-state index contributed by atoms with van der Waals surface area (Å²) in [4.78, 5) is 19.5. The van der Waals surface area contributed by atoms with Crippen LogP contribution in [0.25, 0.3) is 0 Å². The van der Waals surface area contributed by atoms with Crippen LogP contribution in [0.3, 0.4) is 0 Å². The fraction of sp³-hybridized carbons (Fsp3) is 0.500. The first-order valence-corrected chi connectivity index (χ1v) is 4.45. The second-order valence-electron chi connectivity index (χ2n) is 3.10.